The number of nitrogens with one attached hydrogen (secondary N) is 1. The zero-order valence-corrected chi connectivity index (χ0v) is 19.2. The Hall–Kier alpha value is -3.73. The molecule has 1 N–H and O–H groups in total. The van der Waals surface area contributed by atoms with Gasteiger partial charge in [0, 0.05) is 31.6 Å². The molecule has 0 aliphatic heterocycles. The third-order valence-corrected chi connectivity index (χ3v) is 5.60. The van der Waals surface area contributed by atoms with E-state index >= 15 is 0 Å². The lowest BCUT2D eigenvalue weighted by Gasteiger charge is -2.20. The van der Waals surface area contributed by atoms with Crippen molar-refractivity contribution >= 4 is 23.3 Å². The third kappa shape index (κ3) is 6.62. The van der Waals surface area contributed by atoms with Gasteiger partial charge in [-0.2, -0.15) is 0 Å². The first-order valence-electron chi connectivity index (χ1n) is 11.4. The van der Waals surface area contributed by atoms with Gasteiger partial charge < -0.3 is 10.2 Å². The van der Waals surface area contributed by atoms with Crippen molar-refractivity contribution in [1.29, 1.82) is 0 Å². The summed E-state index contributed by atoms with van der Waals surface area (Å²) in [7, 11) is 0. The average molecular weight is 443 g/mol. The van der Waals surface area contributed by atoms with Crippen LogP contribution in [0.1, 0.15) is 52.1 Å². The molecule has 0 aliphatic rings. The lowest BCUT2D eigenvalue weighted by atomic mass is 10.0. The first kappa shape index (κ1) is 23.9. The van der Waals surface area contributed by atoms with Gasteiger partial charge in [0.05, 0.1) is 11.1 Å². The fraction of sp³-hybridized carbons (Fsp3) is 0.250. The molecule has 0 saturated heterocycles. The Labute approximate surface area is 195 Å². The molecular weight excluding hydrogens is 412 g/mol. The molecule has 3 aromatic rings. The smallest absolute Gasteiger partial charge is 0.256 e. The molecule has 0 spiro atoms. The summed E-state index contributed by atoms with van der Waals surface area (Å²) in [5.41, 5.74) is 3.41. The second-order valence-corrected chi connectivity index (χ2v) is 7.88. The van der Waals surface area contributed by atoms with E-state index in [4.69, 9.17) is 0 Å². The second kappa shape index (κ2) is 11.8. The van der Waals surface area contributed by atoms with E-state index in [1.54, 1.807) is 41.3 Å². The molecule has 0 aromatic heterocycles. The molecule has 5 heteroatoms. The topological polar surface area (TPSA) is 66.5 Å². The Morgan fingerprint density at radius 1 is 0.727 bits per heavy atom. The summed E-state index contributed by atoms with van der Waals surface area (Å²) < 4.78 is 0. The van der Waals surface area contributed by atoms with Crippen LogP contribution in [0.5, 0.6) is 0 Å². The van der Waals surface area contributed by atoms with Gasteiger partial charge in [-0.25, -0.2) is 0 Å². The van der Waals surface area contributed by atoms with Crippen LogP contribution in [0.3, 0.4) is 0 Å². The van der Waals surface area contributed by atoms with Crippen molar-refractivity contribution in [3.05, 3.63) is 101 Å². The summed E-state index contributed by atoms with van der Waals surface area (Å²) >= 11 is 0. The van der Waals surface area contributed by atoms with E-state index < -0.39 is 0 Å². The SMILES string of the molecule is CCN(CC)C(=O)c1ccccc1C(=O)Nc1ccc(CC(=O)CCc2ccccc2)cc1. The van der Waals surface area contributed by atoms with E-state index in [1.165, 1.54) is 0 Å². The second-order valence-electron chi connectivity index (χ2n) is 7.88. The van der Waals surface area contributed by atoms with Crippen molar-refractivity contribution in [1.82, 2.24) is 4.90 Å². The third-order valence-electron chi connectivity index (χ3n) is 5.60. The van der Waals surface area contributed by atoms with Gasteiger partial charge in [0.1, 0.15) is 5.78 Å². The summed E-state index contributed by atoms with van der Waals surface area (Å²) in [5, 5.41) is 2.86. The average Bonchev–Trinajstić information content (AvgIpc) is 2.85. The van der Waals surface area contributed by atoms with Crippen LogP contribution in [0, 0.1) is 0 Å². The fourth-order valence-electron chi connectivity index (χ4n) is 3.70. The molecule has 0 unspecified atom stereocenters. The van der Waals surface area contributed by atoms with Gasteiger partial charge in [0.2, 0.25) is 0 Å². The number of aryl methyl sites for hydroxylation is 1. The van der Waals surface area contributed by atoms with Crippen molar-refractivity contribution in [3.8, 4) is 0 Å². The lowest BCUT2D eigenvalue weighted by molar-refractivity contribution is -0.118. The Kier molecular flexibility index (Phi) is 8.53. The first-order chi connectivity index (χ1) is 16.0. The maximum atomic E-state index is 12.9. The highest BCUT2D eigenvalue weighted by molar-refractivity contribution is 6.12. The van der Waals surface area contributed by atoms with Gasteiger partial charge in [-0.1, -0.05) is 54.6 Å². The largest absolute Gasteiger partial charge is 0.339 e. The summed E-state index contributed by atoms with van der Waals surface area (Å²) in [4.78, 5) is 39.7. The van der Waals surface area contributed by atoms with E-state index in [2.05, 4.69) is 5.32 Å². The predicted octanol–water partition coefficient (Wildman–Crippen LogP) is 5.17. The number of Topliss-reactive ketones (excluding diaryl/α,β-unsaturated/α-hetero) is 1. The predicted molar refractivity (Wildman–Crippen MR) is 132 cm³/mol. The Morgan fingerprint density at radius 3 is 1.97 bits per heavy atom. The van der Waals surface area contributed by atoms with Crippen LogP contribution in [0.15, 0.2) is 78.9 Å². The molecule has 0 saturated carbocycles. The van der Waals surface area contributed by atoms with Gasteiger partial charge >= 0.3 is 0 Å². The van der Waals surface area contributed by atoms with Crippen molar-refractivity contribution in [2.24, 2.45) is 0 Å². The van der Waals surface area contributed by atoms with Gasteiger partial charge in [-0.05, 0) is 55.7 Å². The first-order valence-corrected chi connectivity index (χ1v) is 11.4. The van der Waals surface area contributed by atoms with Crippen LogP contribution >= 0.6 is 0 Å². The van der Waals surface area contributed by atoms with Gasteiger partial charge in [-0.15, -0.1) is 0 Å². The maximum absolute atomic E-state index is 12.9. The standard InChI is InChI=1S/C28H30N2O3/c1-3-30(4-2)28(33)26-13-9-8-12-25(26)27(32)29-23-17-14-22(15-18-23)20-24(31)19-16-21-10-6-5-7-11-21/h5-15,17-18H,3-4,16,19-20H2,1-2H3,(H,29,32). The van der Waals surface area contributed by atoms with Crippen molar-refractivity contribution in [2.75, 3.05) is 18.4 Å². The molecule has 2 amide bonds. The monoisotopic (exact) mass is 442 g/mol. The van der Waals surface area contributed by atoms with Crippen molar-refractivity contribution in [2.45, 2.75) is 33.1 Å². The summed E-state index contributed by atoms with van der Waals surface area (Å²) in [6, 6.07) is 24.1. The summed E-state index contributed by atoms with van der Waals surface area (Å²) in [5.74, 6) is -0.313. The molecule has 0 bridgehead atoms. The molecule has 3 aromatic carbocycles. The number of anilines is 1. The number of carbonyl (C=O) groups excluding carboxylic acids is 3. The molecule has 0 aliphatic carbocycles. The van der Waals surface area contributed by atoms with Gasteiger partial charge in [0.25, 0.3) is 11.8 Å². The van der Waals surface area contributed by atoms with Crippen LogP contribution < -0.4 is 5.32 Å². The fourth-order valence-corrected chi connectivity index (χ4v) is 3.70. The van der Waals surface area contributed by atoms with Gasteiger partial charge in [-0.3, -0.25) is 14.4 Å². The molecule has 170 valence electrons. The molecular formula is C28H30N2O3. The molecule has 0 fully saturated rings. The molecule has 33 heavy (non-hydrogen) atoms. The van der Waals surface area contributed by atoms with E-state index in [-0.39, 0.29) is 17.6 Å². The highest BCUT2D eigenvalue weighted by Gasteiger charge is 2.20. The molecule has 0 atom stereocenters. The lowest BCUT2D eigenvalue weighted by Crippen LogP contribution is -2.32. The Morgan fingerprint density at radius 2 is 1.33 bits per heavy atom. The molecule has 5 nitrogen and oxygen atoms in total. The Balaban J connectivity index is 1.60. The zero-order chi connectivity index (χ0) is 23.6. The minimum atomic E-state index is -0.335. The minimum absolute atomic E-state index is 0.157. The molecule has 3 rings (SSSR count). The minimum Gasteiger partial charge on any atom is -0.339 e. The number of rotatable bonds is 10. The molecule has 0 radical (unpaired) electrons. The van der Waals surface area contributed by atoms with Crippen LogP contribution in [0.2, 0.25) is 0 Å². The van der Waals surface area contributed by atoms with E-state index in [0.717, 1.165) is 17.5 Å². The number of hydrogen-bond donors (Lipinski definition) is 1. The summed E-state index contributed by atoms with van der Waals surface area (Å²) in [6.07, 6.45) is 1.60. The van der Waals surface area contributed by atoms with E-state index in [9.17, 15) is 14.4 Å². The van der Waals surface area contributed by atoms with E-state index in [0.29, 0.717) is 42.7 Å². The number of amides is 2. The highest BCUT2D eigenvalue weighted by atomic mass is 16.2. The number of hydrogen-bond acceptors (Lipinski definition) is 3. The number of benzene rings is 3. The van der Waals surface area contributed by atoms with Gasteiger partial charge in [0.15, 0.2) is 0 Å². The zero-order valence-electron chi connectivity index (χ0n) is 19.2. The van der Waals surface area contributed by atoms with Crippen LogP contribution in [0.25, 0.3) is 0 Å². The maximum Gasteiger partial charge on any atom is 0.256 e. The number of ketones is 1. The summed E-state index contributed by atoms with van der Waals surface area (Å²) in [6.45, 7) is 4.99. The number of carbonyl (C=O) groups is 3. The quantitative estimate of drug-likeness (QED) is 0.471. The van der Waals surface area contributed by atoms with Crippen LogP contribution in [-0.4, -0.2) is 35.6 Å². The molecule has 0 heterocycles. The van der Waals surface area contributed by atoms with Crippen LogP contribution in [0.4, 0.5) is 5.69 Å². The van der Waals surface area contributed by atoms with Crippen molar-refractivity contribution < 1.29 is 14.4 Å². The van der Waals surface area contributed by atoms with Crippen molar-refractivity contribution in [3.63, 3.8) is 0 Å². The normalized spacial score (nSPS) is 10.5. The Bertz CT molecular complexity index is 1090. The number of nitrogens with zero attached hydrogens (tertiary/aromatic N) is 1. The highest BCUT2D eigenvalue weighted by Crippen LogP contribution is 2.17. The van der Waals surface area contributed by atoms with Crippen LogP contribution in [-0.2, 0) is 17.6 Å². The van der Waals surface area contributed by atoms with E-state index in [1.807, 2.05) is 56.3 Å².